The fourth-order valence-electron chi connectivity index (χ4n) is 2.98. The molecule has 1 N–H and O–H groups in total. The SMILES string of the molecule is CNC1CCCCC1CCc1cccc(Br)c1. The molecule has 0 amide bonds. The van der Waals surface area contributed by atoms with Gasteiger partial charge in [0.05, 0.1) is 0 Å². The monoisotopic (exact) mass is 295 g/mol. The molecule has 0 radical (unpaired) electrons. The van der Waals surface area contributed by atoms with Crippen molar-refractivity contribution in [3.63, 3.8) is 0 Å². The van der Waals surface area contributed by atoms with Crippen molar-refractivity contribution in [2.24, 2.45) is 5.92 Å². The second kappa shape index (κ2) is 6.55. The van der Waals surface area contributed by atoms with E-state index in [0.29, 0.717) is 0 Å². The molecule has 0 saturated heterocycles. The van der Waals surface area contributed by atoms with E-state index in [1.165, 1.54) is 48.6 Å². The molecular weight excluding hydrogens is 274 g/mol. The van der Waals surface area contributed by atoms with E-state index in [-0.39, 0.29) is 0 Å². The lowest BCUT2D eigenvalue weighted by Crippen LogP contribution is -2.36. The van der Waals surface area contributed by atoms with Crippen LogP contribution in [0.1, 0.15) is 37.7 Å². The number of halogens is 1. The summed E-state index contributed by atoms with van der Waals surface area (Å²) in [5.41, 5.74) is 1.46. The highest BCUT2D eigenvalue weighted by atomic mass is 79.9. The van der Waals surface area contributed by atoms with Gasteiger partial charge in [0.25, 0.3) is 0 Å². The molecule has 1 saturated carbocycles. The number of nitrogens with one attached hydrogen (secondary N) is 1. The topological polar surface area (TPSA) is 12.0 Å². The average Bonchev–Trinajstić information content (AvgIpc) is 2.37. The summed E-state index contributed by atoms with van der Waals surface area (Å²) in [4.78, 5) is 0. The minimum atomic E-state index is 0.746. The van der Waals surface area contributed by atoms with E-state index in [1.54, 1.807) is 0 Å². The van der Waals surface area contributed by atoms with Crippen LogP contribution in [0.5, 0.6) is 0 Å². The summed E-state index contributed by atoms with van der Waals surface area (Å²) < 4.78 is 1.20. The smallest absolute Gasteiger partial charge is 0.0177 e. The van der Waals surface area contributed by atoms with Crippen molar-refractivity contribution in [1.29, 1.82) is 0 Å². The first-order chi connectivity index (χ1) is 8.29. The molecule has 1 aliphatic rings. The molecule has 1 nitrogen and oxygen atoms in total. The van der Waals surface area contributed by atoms with Gasteiger partial charge in [-0.15, -0.1) is 0 Å². The maximum Gasteiger partial charge on any atom is 0.0177 e. The van der Waals surface area contributed by atoms with Crippen LogP contribution in [0.4, 0.5) is 0 Å². The second-order valence-corrected chi connectivity index (χ2v) is 6.02. The van der Waals surface area contributed by atoms with Crippen LogP contribution in [-0.2, 0) is 6.42 Å². The molecule has 0 bridgehead atoms. The number of hydrogen-bond acceptors (Lipinski definition) is 1. The van der Waals surface area contributed by atoms with E-state index in [1.807, 2.05) is 0 Å². The highest BCUT2D eigenvalue weighted by molar-refractivity contribution is 9.10. The Labute approximate surface area is 113 Å². The predicted molar refractivity (Wildman–Crippen MR) is 77.3 cm³/mol. The van der Waals surface area contributed by atoms with Gasteiger partial charge in [0.1, 0.15) is 0 Å². The largest absolute Gasteiger partial charge is 0.317 e. The summed E-state index contributed by atoms with van der Waals surface area (Å²) in [6, 6.07) is 9.46. The predicted octanol–water partition coefficient (Wildman–Crippen LogP) is 4.16. The van der Waals surface area contributed by atoms with Gasteiger partial charge in [-0.25, -0.2) is 0 Å². The fraction of sp³-hybridized carbons (Fsp3) is 0.600. The average molecular weight is 296 g/mol. The minimum Gasteiger partial charge on any atom is -0.317 e. The Kier molecular flexibility index (Phi) is 5.05. The van der Waals surface area contributed by atoms with Crippen LogP contribution >= 0.6 is 15.9 Å². The Bertz CT molecular complexity index is 351. The van der Waals surface area contributed by atoms with Crippen molar-refractivity contribution in [1.82, 2.24) is 5.32 Å². The van der Waals surface area contributed by atoms with Gasteiger partial charge in [-0.3, -0.25) is 0 Å². The first-order valence-electron chi connectivity index (χ1n) is 6.71. The maximum absolute atomic E-state index is 3.54. The molecule has 0 heterocycles. The molecular formula is C15H22BrN. The van der Waals surface area contributed by atoms with E-state index in [2.05, 4.69) is 52.6 Å². The van der Waals surface area contributed by atoms with E-state index in [9.17, 15) is 0 Å². The van der Waals surface area contributed by atoms with Gasteiger partial charge in [-0.05, 0) is 56.3 Å². The van der Waals surface area contributed by atoms with Crippen LogP contribution in [-0.4, -0.2) is 13.1 Å². The number of hydrogen-bond donors (Lipinski definition) is 1. The van der Waals surface area contributed by atoms with Crippen molar-refractivity contribution < 1.29 is 0 Å². The molecule has 1 aromatic rings. The lowest BCUT2D eigenvalue weighted by molar-refractivity contribution is 0.260. The Morgan fingerprint density at radius 3 is 2.88 bits per heavy atom. The summed E-state index contributed by atoms with van der Waals surface area (Å²) in [7, 11) is 2.11. The van der Waals surface area contributed by atoms with Crippen LogP contribution in [0.25, 0.3) is 0 Å². The molecule has 0 aromatic heterocycles. The molecule has 2 heteroatoms. The zero-order chi connectivity index (χ0) is 12.1. The normalized spacial score (nSPS) is 24.8. The van der Waals surface area contributed by atoms with Gasteiger partial charge in [0.15, 0.2) is 0 Å². The highest BCUT2D eigenvalue weighted by Gasteiger charge is 2.23. The highest BCUT2D eigenvalue weighted by Crippen LogP contribution is 2.28. The van der Waals surface area contributed by atoms with Crippen LogP contribution < -0.4 is 5.32 Å². The summed E-state index contributed by atoms with van der Waals surface area (Å²) in [5.74, 6) is 0.868. The summed E-state index contributed by atoms with van der Waals surface area (Å²) >= 11 is 3.54. The van der Waals surface area contributed by atoms with E-state index in [0.717, 1.165) is 12.0 Å². The summed E-state index contributed by atoms with van der Waals surface area (Å²) in [6.45, 7) is 0. The summed E-state index contributed by atoms with van der Waals surface area (Å²) in [5, 5.41) is 3.49. The van der Waals surface area contributed by atoms with E-state index in [4.69, 9.17) is 0 Å². The summed E-state index contributed by atoms with van der Waals surface area (Å²) in [6.07, 6.45) is 8.11. The van der Waals surface area contributed by atoms with Crippen LogP contribution in [0.3, 0.4) is 0 Å². The Hall–Kier alpha value is -0.340. The molecule has 2 unspecified atom stereocenters. The first-order valence-corrected chi connectivity index (χ1v) is 7.50. The second-order valence-electron chi connectivity index (χ2n) is 5.11. The van der Waals surface area contributed by atoms with E-state index >= 15 is 0 Å². The fourth-order valence-corrected chi connectivity index (χ4v) is 3.42. The Morgan fingerprint density at radius 2 is 2.12 bits per heavy atom. The number of rotatable bonds is 4. The van der Waals surface area contributed by atoms with Gasteiger partial charge in [-0.2, -0.15) is 0 Å². The maximum atomic E-state index is 3.54. The molecule has 1 aliphatic carbocycles. The Balaban J connectivity index is 1.88. The number of benzene rings is 1. The molecule has 1 aromatic carbocycles. The molecule has 1 fully saturated rings. The van der Waals surface area contributed by atoms with Crippen molar-refractivity contribution in [2.45, 2.75) is 44.6 Å². The van der Waals surface area contributed by atoms with Gasteiger partial charge in [0, 0.05) is 10.5 Å². The Morgan fingerprint density at radius 1 is 1.29 bits per heavy atom. The van der Waals surface area contributed by atoms with Crippen molar-refractivity contribution in [3.05, 3.63) is 34.3 Å². The van der Waals surface area contributed by atoms with Crippen LogP contribution in [0.2, 0.25) is 0 Å². The third kappa shape index (κ3) is 3.82. The van der Waals surface area contributed by atoms with Crippen molar-refractivity contribution in [3.8, 4) is 0 Å². The van der Waals surface area contributed by atoms with Gasteiger partial charge >= 0.3 is 0 Å². The van der Waals surface area contributed by atoms with Crippen molar-refractivity contribution >= 4 is 15.9 Å². The number of aryl methyl sites for hydroxylation is 1. The molecule has 2 rings (SSSR count). The lowest BCUT2D eigenvalue weighted by atomic mass is 9.81. The molecule has 17 heavy (non-hydrogen) atoms. The molecule has 0 aliphatic heterocycles. The minimum absolute atomic E-state index is 0.746. The van der Waals surface area contributed by atoms with Crippen LogP contribution in [0.15, 0.2) is 28.7 Å². The van der Waals surface area contributed by atoms with Crippen LogP contribution in [0, 0.1) is 5.92 Å². The van der Waals surface area contributed by atoms with Crippen molar-refractivity contribution in [2.75, 3.05) is 7.05 Å². The van der Waals surface area contributed by atoms with E-state index < -0.39 is 0 Å². The molecule has 2 atom stereocenters. The molecule has 94 valence electrons. The quantitative estimate of drug-likeness (QED) is 0.879. The van der Waals surface area contributed by atoms with Gasteiger partial charge < -0.3 is 5.32 Å². The first kappa shape index (κ1) is 13.1. The van der Waals surface area contributed by atoms with Gasteiger partial charge in [-0.1, -0.05) is 40.9 Å². The lowest BCUT2D eigenvalue weighted by Gasteiger charge is -2.31. The molecule has 0 spiro atoms. The zero-order valence-electron chi connectivity index (χ0n) is 10.6. The third-order valence-electron chi connectivity index (χ3n) is 3.97. The van der Waals surface area contributed by atoms with Gasteiger partial charge in [0.2, 0.25) is 0 Å². The third-order valence-corrected chi connectivity index (χ3v) is 4.47. The standard InChI is InChI=1S/C15H22BrN/c1-17-15-8-3-2-6-13(15)10-9-12-5-4-7-14(16)11-12/h4-5,7,11,13,15,17H,2-3,6,8-10H2,1H3. The zero-order valence-corrected chi connectivity index (χ0v) is 12.2.